The Hall–Kier alpha value is -2.97. The molecule has 3 aromatic rings. The van der Waals surface area contributed by atoms with Gasteiger partial charge in [0, 0.05) is 17.7 Å². The van der Waals surface area contributed by atoms with Gasteiger partial charge in [-0.05, 0) is 31.8 Å². The zero-order valence-electron chi connectivity index (χ0n) is 15.6. The van der Waals surface area contributed by atoms with Crippen LogP contribution in [0.2, 0.25) is 5.02 Å². The summed E-state index contributed by atoms with van der Waals surface area (Å²) in [5.74, 6) is 1.48. The Kier molecular flexibility index (Phi) is 4.97. The Morgan fingerprint density at radius 3 is 3.00 bits per heavy atom. The summed E-state index contributed by atoms with van der Waals surface area (Å²) >= 11 is 6.26. The molecule has 2 aromatic heterocycles. The average molecular weight is 399 g/mol. The number of ether oxygens (including phenoxy) is 2. The number of halogens is 1. The van der Waals surface area contributed by atoms with Crippen LogP contribution in [0.5, 0.6) is 0 Å². The number of imidazole rings is 1. The molecule has 1 aliphatic heterocycles. The predicted octanol–water partition coefficient (Wildman–Crippen LogP) is 3.37. The van der Waals surface area contributed by atoms with Crippen LogP contribution in [0.3, 0.4) is 0 Å². The summed E-state index contributed by atoms with van der Waals surface area (Å²) in [7, 11) is 1.63. The minimum Gasteiger partial charge on any atom is -0.493 e. The fourth-order valence-electron chi connectivity index (χ4n) is 3.17. The van der Waals surface area contributed by atoms with Crippen LogP contribution in [0.1, 0.15) is 24.1 Å². The van der Waals surface area contributed by atoms with E-state index in [-0.39, 0.29) is 0 Å². The van der Waals surface area contributed by atoms with E-state index in [4.69, 9.17) is 21.1 Å². The molecule has 3 heterocycles. The molecule has 0 saturated heterocycles. The van der Waals surface area contributed by atoms with Crippen molar-refractivity contribution in [3.63, 3.8) is 0 Å². The van der Waals surface area contributed by atoms with Crippen molar-refractivity contribution >= 4 is 18.3 Å². The van der Waals surface area contributed by atoms with E-state index in [9.17, 15) is 0 Å². The van der Waals surface area contributed by atoms with Crippen LogP contribution in [0, 0.1) is 0 Å². The maximum Gasteiger partial charge on any atom is 0.166 e. The van der Waals surface area contributed by atoms with Gasteiger partial charge in [-0.3, -0.25) is 4.99 Å². The molecule has 0 unspecified atom stereocenters. The fourth-order valence-corrected chi connectivity index (χ4v) is 3.34. The summed E-state index contributed by atoms with van der Waals surface area (Å²) in [5, 5.41) is 9.31. The summed E-state index contributed by atoms with van der Waals surface area (Å²) < 4.78 is 15.0. The maximum atomic E-state index is 6.26. The van der Waals surface area contributed by atoms with Gasteiger partial charge in [0.15, 0.2) is 11.6 Å². The molecule has 0 atom stereocenters. The third-order valence-electron chi connectivity index (χ3n) is 4.54. The Labute approximate surface area is 167 Å². The first-order valence-electron chi connectivity index (χ1n) is 8.64. The van der Waals surface area contributed by atoms with Crippen LogP contribution in [0.15, 0.2) is 41.5 Å². The second kappa shape index (κ2) is 7.57. The summed E-state index contributed by atoms with van der Waals surface area (Å²) in [6.07, 6.45) is 3.36. The Morgan fingerprint density at radius 1 is 1.36 bits per heavy atom. The number of methoxy groups -OCH3 is 1. The molecule has 144 valence electrons. The van der Waals surface area contributed by atoms with Crippen molar-refractivity contribution in [2.45, 2.75) is 26.7 Å². The number of nitrogens with zero attached hydrogens (tertiary/aromatic N) is 6. The molecule has 9 heteroatoms. The monoisotopic (exact) mass is 398 g/mol. The maximum absolute atomic E-state index is 6.26. The van der Waals surface area contributed by atoms with Gasteiger partial charge in [0.1, 0.15) is 25.2 Å². The molecule has 0 bridgehead atoms. The number of allylic oxidation sites excluding steroid dienone is 1. The normalized spacial score (nSPS) is 12.8. The molecule has 0 amide bonds. The van der Waals surface area contributed by atoms with Crippen molar-refractivity contribution in [3.8, 4) is 17.1 Å². The van der Waals surface area contributed by atoms with Gasteiger partial charge >= 0.3 is 0 Å². The molecule has 28 heavy (non-hydrogen) atoms. The van der Waals surface area contributed by atoms with Crippen molar-refractivity contribution in [2.75, 3.05) is 7.11 Å². The molecular formula is C19H19ClN6O2. The summed E-state index contributed by atoms with van der Waals surface area (Å²) in [6.45, 7) is 6.51. The third kappa shape index (κ3) is 3.21. The Balaban J connectivity index is 1.82. The van der Waals surface area contributed by atoms with Crippen LogP contribution in [-0.2, 0) is 29.2 Å². The molecule has 0 aliphatic carbocycles. The van der Waals surface area contributed by atoms with E-state index < -0.39 is 0 Å². The largest absolute Gasteiger partial charge is 0.493 e. The van der Waals surface area contributed by atoms with Gasteiger partial charge in [-0.25, -0.2) is 4.98 Å². The quantitative estimate of drug-likeness (QED) is 0.367. The van der Waals surface area contributed by atoms with Gasteiger partial charge in [0.25, 0.3) is 0 Å². The number of aromatic nitrogens is 5. The highest BCUT2D eigenvalue weighted by Gasteiger charge is 2.26. The van der Waals surface area contributed by atoms with E-state index in [0.29, 0.717) is 30.5 Å². The second-order valence-electron chi connectivity index (χ2n) is 6.36. The molecule has 0 radical (unpaired) electrons. The number of hydrogen-bond donors (Lipinski definition) is 0. The average Bonchev–Trinajstić information content (AvgIpc) is 3.24. The molecule has 0 fully saturated rings. The topological polar surface area (TPSA) is 79.4 Å². The molecule has 0 N–H and O–H groups in total. The number of fused-ring (bicyclic) bond motifs is 5. The molecule has 0 saturated carbocycles. The highest BCUT2D eigenvalue weighted by Crippen LogP contribution is 2.34. The highest BCUT2D eigenvalue weighted by atomic mass is 35.5. The van der Waals surface area contributed by atoms with Gasteiger partial charge in [-0.1, -0.05) is 11.6 Å². The van der Waals surface area contributed by atoms with Crippen LogP contribution in [0.4, 0.5) is 0 Å². The second-order valence-corrected chi connectivity index (χ2v) is 6.79. The third-order valence-corrected chi connectivity index (χ3v) is 4.78. The fraction of sp³-hybridized carbons (Fsp3) is 0.263. The standard InChI is InChI=1S/C19H19ClN6O2/c1-12(21-2)8-28-9-15-17-7-25-18(10-27-3)23-24-19(25)14-6-13(20)4-5-16(14)26(17)11-22-15/h4-6,8,11H,2,7,9-10H2,1,3H3/b12-8-. The first kappa shape index (κ1) is 18.4. The van der Waals surface area contributed by atoms with Crippen molar-refractivity contribution < 1.29 is 9.47 Å². The van der Waals surface area contributed by atoms with Crippen LogP contribution >= 0.6 is 11.6 Å². The van der Waals surface area contributed by atoms with Crippen molar-refractivity contribution in [3.05, 3.63) is 58.7 Å². The van der Waals surface area contributed by atoms with Crippen molar-refractivity contribution in [1.82, 2.24) is 24.3 Å². The van der Waals surface area contributed by atoms with Gasteiger partial charge in [-0.2, -0.15) is 0 Å². The van der Waals surface area contributed by atoms with Crippen LogP contribution in [0.25, 0.3) is 17.1 Å². The number of benzene rings is 1. The molecule has 8 nitrogen and oxygen atoms in total. The summed E-state index contributed by atoms with van der Waals surface area (Å²) in [5.41, 5.74) is 4.33. The van der Waals surface area contributed by atoms with Crippen LogP contribution in [-0.4, -0.2) is 38.1 Å². The SMILES string of the molecule is C=N/C(C)=C\OCc1ncn2c1Cn1c(COC)nnc1-c1cc(Cl)ccc1-2. The van der Waals surface area contributed by atoms with E-state index in [2.05, 4.69) is 26.9 Å². The zero-order chi connectivity index (χ0) is 19.7. The van der Waals surface area contributed by atoms with E-state index in [0.717, 1.165) is 34.3 Å². The smallest absolute Gasteiger partial charge is 0.166 e. The minimum atomic E-state index is 0.315. The zero-order valence-corrected chi connectivity index (χ0v) is 16.3. The summed E-state index contributed by atoms with van der Waals surface area (Å²) in [6, 6.07) is 5.70. The Morgan fingerprint density at radius 2 is 2.21 bits per heavy atom. The van der Waals surface area contributed by atoms with Gasteiger partial charge in [0.2, 0.25) is 0 Å². The summed E-state index contributed by atoms with van der Waals surface area (Å²) in [4.78, 5) is 8.38. The number of hydrogen-bond acceptors (Lipinski definition) is 6. The molecular weight excluding hydrogens is 380 g/mol. The number of rotatable bonds is 6. The van der Waals surface area contributed by atoms with Crippen molar-refractivity contribution in [1.29, 1.82) is 0 Å². The molecule has 4 rings (SSSR count). The first-order chi connectivity index (χ1) is 13.6. The van der Waals surface area contributed by atoms with Gasteiger partial charge in [-0.15, -0.1) is 10.2 Å². The lowest BCUT2D eigenvalue weighted by Crippen LogP contribution is -2.10. The highest BCUT2D eigenvalue weighted by molar-refractivity contribution is 6.31. The first-order valence-corrected chi connectivity index (χ1v) is 9.01. The lowest BCUT2D eigenvalue weighted by atomic mass is 10.1. The van der Waals surface area contributed by atoms with E-state index >= 15 is 0 Å². The lowest BCUT2D eigenvalue weighted by Gasteiger charge is -2.10. The predicted molar refractivity (Wildman–Crippen MR) is 106 cm³/mol. The van der Waals surface area contributed by atoms with E-state index in [1.165, 1.54) is 0 Å². The molecule has 0 spiro atoms. The molecule has 1 aromatic carbocycles. The Bertz CT molecular complexity index is 1070. The van der Waals surface area contributed by atoms with Gasteiger partial charge < -0.3 is 18.6 Å². The van der Waals surface area contributed by atoms with E-state index in [1.54, 1.807) is 19.7 Å². The van der Waals surface area contributed by atoms with Crippen molar-refractivity contribution in [2.24, 2.45) is 4.99 Å². The lowest BCUT2D eigenvalue weighted by molar-refractivity contribution is 0.174. The minimum absolute atomic E-state index is 0.315. The molecule has 1 aliphatic rings. The van der Waals surface area contributed by atoms with E-state index in [1.807, 2.05) is 34.3 Å². The van der Waals surface area contributed by atoms with Crippen LogP contribution < -0.4 is 0 Å². The van der Waals surface area contributed by atoms with Gasteiger partial charge in [0.05, 0.1) is 30.0 Å². The number of aliphatic imine (C=N–C) groups is 1.